The molecular formula is C39H38F3NO7. The molecule has 50 heavy (non-hydrogen) atoms. The number of benzene rings is 4. The van der Waals surface area contributed by atoms with Crippen LogP contribution in [0, 0.1) is 0 Å². The predicted molar refractivity (Wildman–Crippen MR) is 181 cm³/mol. The van der Waals surface area contributed by atoms with Crippen molar-refractivity contribution in [1.29, 1.82) is 0 Å². The molecule has 0 unspecified atom stereocenters. The van der Waals surface area contributed by atoms with Crippen molar-refractivity contribution in [2.24, 2.45) is 0 Å². The number of rotatable bonds is 13. The average Bonchev–Trinajstić information content (AvgIpc) is 3.09. The summed E-state index contributed by atoms with van der Waals surface area (Å²) in [6, 6.07) is 25.8. The van der Waals surface area contributed by atoms with Gasteiger partial charge in [0.1, 0.15) is 6.61 Å². The third kappa shape index (κ3) is 8.39. The molecule has 0 saturated carbocycles. The number of ether oxygens (including phenoxy) is 3. The van der Waals surface area contributed by atoms with Gasteiger partial charge in [-0.3, -0.25) is 19.2 Å². The molecule has 0 N–H and O–H groups in total. The standard InChI is InChI=1S/C39H38F3NO7/c1-5-48-36(46)38(37(47)49-6-2,29-12-8-7-9-13-29)25-50-34(44)24-27-16-22-31(23-17-27)43(26(3)4)35(45)33-15-11-10-14-32(33)28-18-20-30(21-19-28)39(40,41)42/h7-23,26H,5-6,24-25H2,1-4H3. The Morgan fingerprint density at radius 3 is 1.78 bits per heavy atom. The van der Waals surface area contributed by atoms with Crippen molar-refractivity contribution >= 4 is 29.5 Å². The van der Waals surface area contributed by atoms with E-state index in [9.17, 15) is 32.3 Å². The van der Waals surface area contributed by atoms with Crippen LogP contribution in [0.1, 0.15) is 54.7 Å². The molecule has 0 heterocycles. The highest BCUT2D eigenvalue weighted by molar-refractivity contribution is 6.10. The summed E-state index contributed by atoms with van der Waals surface area (Å²) in [5.74, 6) is -2.88. The minimum atomic E-state index is -4.48. The molecule has 0 fully saturated rings. The van der Waals surface area contributed by atoms with E-state index in [4.69, 9.17) is 14.2 Å². The first-order valence-corrected chi connectivity index (χ1v) is 16.1. The van der Waals surface area contributed by atoms with Crippen LogP contribution in [0.3, 0.4) is 0 Å². The maximum atomic E-state index is 14.0. The molecule has 0 radical (unpaired) electrons. The van der Waals surface area contributed by atoms with E-state index in [-0.39, 0.29) is 37.1 Å². The van der Waals surface area contributed by atoms with E-state index >= 15 is 0 Å². The summed E-state index contributed by atoms with van der Waals surface area (Å²) in [5, 5.41) is 0. The van der Waals surface area contributed by atoms with Crippen molar-refractivity contribution in [3.05, 3.63) is 125 Å². The Bertz CT molecular complexity index is 1770. The largest absolute Gasteiger partial charge is 0.465 e. The molecule has 0 saturated heterocycles. The van der Waals surface area contributed by atoms with Crippen LogP contribution >= 0.6 is 0 Å². The molecule has 4 aromatic rings. The van der Waals surface area contributed by atoms with Crippen LogP contribution in [0.2, 0.25) is 0 Å². The Labute approximate surface area is 288 Å². The van der Waals surface area contributed by atoms with Crippen LogP contribution in [0.5, 0.6) is 0 Å². The fourth-order valence-electron chi connectivity index (χ4n) is 5.47. The molecule has 4 aromatic carbocycles. The van der Waals surface area contributed by atoms with E-state index in [0.717, 1.165) is 12.1 Å². The second-order valence-electron chi connectivity index (χ2n) is 11.6. The molecule has 11 heteroatoms. The maximum absolute atomic E-state index is 14.0. The van der Waals surface area contributed by atoms with Crippen molar-refractivity contribution < 1.29 is 46.6 Å². The number of halogens is 3. The van der Waals surface area contributed by atoms with Gasteiger partial charge < -0.3 is 19.1 Å². The van der Waals surface area contributed by atoms with Crippen LogP contribution < -0.4 is 4.90 Å². The molecule has 1 amide bonds. The minimum absolute atomic E-state index is 0.0103. The maximum Gasteiger partial charge on any atom is 0.416 e. The Balaban J connectivity index is 1.54. The van der Waals surface area contributed by atoms with Crippen LogP contribution in [-0.2, 0) is 46.6 Å². The Kier molecular flexibility index (Phi) is 12.2. The first-order chi connectivity index (χ1) is 23.8. The summed E-state index contributed by atoms with van der Waals surface area (Å²) in [4.78, 5) is 55.0. The second-order valence-corrected chi connectivity index (χ2v) is 11.6. The number of carbonyl (C=O) groups excluding carboxylic acids is 4. The molecule has 0 atom stereocenters. The molecule has 0 bridgehead atoms. The molecule has 0 aliphatic rings. The SMILES string of the molecule is CCOC(=O)C(COC(=O)Cc1ccc(N(C(=O)c2ccccc2-c2ccc(C(F)(F)F)cc2)C(C)C)cc1)(C(=O)OCC)c1ccccc1. The molecule has 8 nitrogen and oxygen atoms in total. The first-order valence-electron chi connectivity index (χ1n) is 16.1. The molecule has 0 spiro atoms. The van der Waals surface area contributed by atoms with E-state index < -0.39 is 41.7 Å². The van der Waals surface area contributed by atoms with Gasteiger partial charge in [0.05, 0.1) is 25.2 Å². The monoisotopic (exact) mass is 689 g/mol. The van der Waals surface area contributed by atoms with Crippen molar-refractivity contribution in [2.75, 3.05) is 24.7 Å². The lowest BCUT2D eigenvalue weighted by Gasteiger charge is -2.29. The Morgan fingerprint density at radius 1 is 0.680 bits per heavy atom. The van der Waals surface area contributed by atoms with Gasteiger partial charge in [-0.15, -0.1) is 0 Å². The fraction of sp³-hybridized carbons (Fsp3) is 0.282. The molecular weight excluding hydrogens is 651 g/mol. The zero-order valence-corrected chi connectivity index (χ0v) is 28.2. The molecule has 0 aliphatic carbocycles. The summed E-state index contributed by atoms with van der Waals surface area (Å²) >= 11 is 0. The first kappa shape index (κ1) is 37.4. The van der Waals surface area contributed by atoms with Crippen LogP contribution in [0.4, 0.5) is 18.9 Å². The summed E-state index contributed by atoms with van der Waals surface area (Å²) in [7, 11) is 0. The number of anilines is 1. The van der Waals surface area contributed by atoms with Gasteiger partial charge in [-0.05, 0) is 80.3 Å². The summed E-state index contributed by atoms with van der Waals surface area (Å²) < 4.78 is 55.4. The van der Waals surface area contributed by atoms with Gasteiger partial charge in [0.2, 0.25) is 5.41 Å². The lowest BCUT2D eigenvalue weighted by Crippen LogP contribution is -2.50. The molecule has 0 aliphatic heterocycles. The van der Waals surface area contributed by atoms with Crippen molar-refractivity contribution in [1.82, 2.24) is 0 Å². The van der Waals surface area contributed by atoms with E-state index in [1.54, 1.807) is 97.6 Å². The van der Waals surface area contributed by atoms with Gasteiger partial charge in [-0.25, -0.2) is 0 Å². The van der Waals surface area contributed by atoms with Gasteiger partial charge >= 0.3 is 24.1 Å². The average molecular weight is 690 g/mol. The number of esters is 3. The number of hydrogen-bond acceptors (Lipinski definition) is 7. The Morgan fingerprint density at radius 2 is 1.24 bits per heavy atom. The van der Waals surface area contributed by atoms with E-state index in [0.29, 0.717) is 27.9 Å². The van der Waals surface area contributed by atoms with E-state index in [1.165, 1.54) is 12.1 Å². The quantitative estimate of drug-likeness (QED) is 0.0811. The van der Waals surface area contributed by atoms with Gasteiger partial charge in [0.15, 0.2) is 0 Å². The molecule has 0 aromatic heterocycles. The Hall–Kier alpha value is -5.45. The smallest absolute Gasteiger partial charge is 0.416 e. The number of amides is 1. The highest BCUT2D eigenvalue weighted by atomic mass is 19.4. The normalized spacial score (nSPS) is 11.5. The third-order valence-corrected chi connectivity index (χ3v) is 7.94. The van der Waals surface area contributed by atoms with Gasteiger partial charge in [-0.1, -0.05) is 72.8 Å². The zero-order valence-electron chi connectivity index (χ0n) is 28.2. The third-order valence-electron chi connectivity index (χ3n) is 7.94. The molecule has 262 valence electrons. The van der Waals surface area contributed by atoms with Gasteiger partial charge in [-0.2, -0.15) is 13.2 Å². The molecule has 4 rings (SSSR count). The highest BCUT2D eigenvalue weighted by Gasteiger charge is 2.52. The summed E-state index contributed by atoms with van der Waals surface area (Å²) in [6.07, 6.45) is -4.69. The van der Waals surface area contributed by atoms with Crippen molar-refractivity contribution in [3.63, 3.8) is 0 Å². The van der Waals surface area contributed by atoms with Crippen molar-refractivity contribution in [2.45, 2.75) is 51.7 Å². The number of alkyl halides is 3. The van der Waals surface area contributed by atoms with E-state index in [1.807, 2.05) is 13.8 Å². The highest BCUT2D eigenvalue weighted by Crippen LogP contribution is 2.33. The van der Waals surface area contributed by atoms with Crippen LogP contribution in [-0.4, -0.2) is 49.7 Å². The lowest BCUT2D eigenvalue weighted by atomic mass is 9.81. The second kappa shape index (κ2) is 16.3. The fourth-order valence-corrected chi connectivity index (χ4v) is 5.47. The van der Waals surface area contributed by atoms with Crippen molar-refractivity contribution in [3.8, 4) is 11.1 Å². The lowest BCUT2D eigenvalue weighted by molar-refractivity contribution is -0.170. The topological polar surface area (TPSA) is 99.2 Å². The summed E-state index contributed by atoms with van der Waals surface area (Å²) in [5.41, 5.74) is -0.246. The number of carbonyl (C=O) groups is 4. The minimum Gasteiger partial charge on any atom is -0.465 e. The van der Waals surface area contributed by atoms with Crippen LogP contribution in [0.25, 0.3) is 11.1 Å². The zero-order chi connectivity index (χ0) is 36.5. The summed E-state index contributed by atoms with van der Waals surface area (Å²) in [6.45, 7) is 6.19. The van der Waals surface area contributed by atoms with E-state index in [2.05, 4.69) is 0 Å². The predicted octanol–water partition coefficient (Wildman–Crippen LogP) is 7.58. The van der Waals surface area contributed by atoms with Gasteiger partial charge in [0.25, 0.3) is 5.91 Å². The van der Waals surface area contributed by atoms with Gasteiger partial charge in [0, 0.05) is 17.3 Å². The van der Waals surface area contributed by atoms with Crippen LogP contribution in [0.15, 0.2) is 103 Å². The number of nitrogens with zero attached hydrogens (tertiary/aromatic N) is 1. The number of hydrogen-bond donors (Lipinski definition) is 0.